The lowest BCUT2D eigenvalue weighted by Gasteiger charge is -2.23. The predicted octanol–water partition coefficient (Wildman–Crippen LogP) is 4.98. The molecule has 0 bridgehead atoms. The Morgan fingerprint density at radius 3 is 2.44 bits per heavy atom. The van der Waals surface area contributed by atoms with Gasteiger partial charge in [0.2, 0.25) is 5.12 Å². The zero-order chi connectivity index (χ0) is 18.8. The topological polar surface area (TPSA) is 64.7 Å². The predicted molar refractivity (Wildman–Crippen MR) is 106 cm³/mol. The largest absolute Gasteiger partial charge is 0.308 e. The molecule has 0 radical (unpaired) electrons. The summed E-state index contributed by atoms with van der Waals surface area (Å²) >= 11 is 9.50. The van der Waals surface area contributed by atoms with Crippen molar-refractivity contribution in [2.75, 3.05) is 0 Å². The third-order valence-corrected chi connectivity index (χ3v) is 5.99. The molecule has 0 aliphatic rings. The number of nitrogens with one attached hydrogen (secondary N) is 1. The van der Waals surface area contributed by atoms with Crippen LogP contribution in [0.3, 0.4) is 0 Å². The zero-order valence-corrected chi connectivity index (χ0v) is 16.1. The highest BCUT2D eigenvalue weighted by atomic mass is 32.2. The number of carbonyl (C=O) groups is 1. The number of benzene rings is 2. The van der Waals surface area contributed by atoms with E-state index in [2.05, 4.69) is 25.3 Å². The maximum absolute atomic E-state index is 14.3. The second kappa shape index (κ2) is 7.65. The maximum atomic E-state index is 14.3. The lowest BCUT2D eigenvalue weighted by Crippen LogP contribution is -2.23. The molecule has 128 valence electrons. The molecule has 0 unspecified atom stereocenters. The van der Waals surface area contributed by atoms with Crippen LogP contribution in [0.1, 0.15) is 25.0 Å². The summed E-state index contributed by atoms with van der Waals surface area (Å²) in [6, 6.07) is 10.1. The number of thiol groups is 2. The summed E-state index contributed by atoms with van der Waals surface area (Å²) in [6.45, 7) is 3.41. The van der Waals surface area contributed by atoms with E-state index >= 15 is 0 Å². The summed E-state index contributed by atoms with van der Waals surface area (Å²) in [7, 11) is 0. The number of rotatable bonds is 5. The molecule has 0 spiro atoms. The van der Waals surface area contributed by atoms with E-state index in [-0.39, 0.29) is 10.7 Å². The van der Waals surface area contributed by atoms with Gasteiger partial charge in [-0.1, -0.05) is 12.1 Å². The summed E-state index contributed by atoms with van der Waals surface area (Å²) in [6.07, 6.45) is 0.911. The van der Waals surface area contributed by atoms with Gasteiger partial charge in [-0.15, -0.1) is 37.0 Å². The molecule has 2 aromatic carbocycles. The van der Waals surface area contributed by atoms with E-state index in [4.69, 9.17) is 10.7 Å². The van der Waals surface area contributed by atoms with Crippen LogP contribution in [0.5, 0.6) is 0 Å². The molecule has 0 aliphatic carbocycles. The van der Waals surface area contributed by atoms with Crippen LogP contribution in [0.2, 0.25) is 0 Å². The third kappa shape index (κ3) is 4.09. The van der Waals surface area contributed by atoms with Gasteiger partial charge in [0.1, 0.15) is 5.82 Å². The average Bonchev–Trinajstić information content (AvgIpc) is 2.55. The van der Waals surface area contributed by atoms with Crippen LogP contribution in [0.25, 0.3) is 11.1 Å². The van der Waals surface area contributed by atoms with Crippen LogP contribution in [-0.4, -0.2) is 16.1 Å². The van der Waals surface area contributed by atoms with Crippen molar-refractivity contribution in [1.82, 2.24) is 0 Å². The number of nitrogens with zero attached hydrogens (tertiary/aromatic N) is 1. The first-order valence-electron chi connectivity index (χ1n) is 7.20. The van der Waals surface area contributed by atoms with Crippen molar-refractivity contribution in [2.45, 2.75) is 28.4 Å². The van der Waals surface area contributed by atoms with Crippen LogP contribution in [-0.2, 0) is 4.79 Å². The first-order valence-corrected chi connectivity index (χ1v) is 8.91. The van der Waals surface area contributed by atoms with Gasteiger partial charge in [0.25, 0.3) is 0 Å². The Hall–Kier alpha value is -1.75. The van der Waals surface area contributed by atoms with Gasteiger partial charge in [0.05, 0.1) is 16.4 Å². The second-order valence-electron chi connectivity index (χ2n) is 5.74. The molecule has 0 amide bonds. The molecule has 0 heterocycles. The molecule has 1 N–H and O–H groups in total. The summed E-state index contributed by atoms with van der Waals surface area (Å²) in [5.74, 6) is -0.581. The highest BCUT2D eigenvalue weighted by Gasteiger charge is 2.29. The number of carbonyl (C=O) groups excluding carboxylic acids is 1. The van der Waals surface area contributed by atoms with Gasteiger partial charge in [-0.25, -0.2) is 4.39 Å². The van der Waals surface area contributed by atoms with Crippen molar-refractivity contribution in [1.29, 1.82) is 10.7 Å². The smallest absolute Gasteiger partial charge is 0.201 e. The number of hydrogen-bond acceptors (Lipinski definition) is 5. The summed E-state index contributed by atoms with van der Waals surface area (Å²) in [5.41, 5.74) is 1.90. The normalized spacial score (nSPS) is 11.0. The Morgan fingerprint density at radius 2 is 1.96 bits per heavy atom. The first kappa shape index (κ1) is 19.6. The van der Waals surface area contributed by atoms with Crippen LogP contribution in [0.15, 0.2) is 40.1 Å². The number of hydrogen-bond donors (Lipinski definition) is 3. The Kier molecular flexibility index (Phi) is 5.99. The minimum absolute atomic E-state index is 0.0713. The molecule has 0 saturated carbocycles. The number of thioether (sulfide) groups is 1. The van der Waals surface area contributed by atoms with Gasteiger partial charge in [-0.05, 0) is 37.6 Å². The standard InChI is InChI=1S/C18H15FN2OS3/c1-18(2,17(22)24)25-14-7-13(19)12(9-21)16(23)15(14)11-5-3-10(8-20)4-6-11/h3-7,9,21,23H,1-2H3,(H,22,24). The molecule has 25 heavy (non-hydrogen) atoms. The quantitative estimate of drug-likeness (QED) is 0.383. The van der Waals surface area contributed by atoms with E-state index in [9.17, 15) is 9.18 Å². The summed E-state index contributed by atoms with van der Waals surface area (Å²) < 4.78 is 13.5. The molecular weight excluding hydrogens is 375 g/mol. The van der Waals surface area contributed by atoms with E-state index in [1.807, 2.05) is 6.07 Å². The van der Waals surface area contributed by atoms with Crippen LogP contribution in [0, 0.1) is 22.6 Å². The zero-order valence-electron chi connectivity index (χ0n) is 13.5. The second-order valence-corrected chi connectivity index (χ2v) is 8.26. The Balaban J connectivity index is 2.71. The lowest BCUT2D eigenvalue weighted by molar-refractivity contribution is -0.112. The molecule has 0 atom stereocenters. The SMILES string of the molecule is CC(C)(Sc1cc(F)c(C=N)c(S)c1-c1ccc(C#N)cc1)C(=O)S. The number of nitriles is 1. The van der Waals surface area contributed by atoms with Gasteiger partial charge < -0.3 is 5.41 Å². The Labute approximate surface area is 161 Å². The van der Waals surface area contributed by atoms with E-state index in [1.165, 1.54) is 17.8 Å². The molecule has 3 nitrogen and oxygen atoms in total. The lowest BCUT2D eigenvalue weighted by atomic mass is 10.0. The molecule has 7 heteroatoms. The number of halogens is 1. The van der Waals surface area contributed by atoms with Gasteiger partial charge in [-0.3, -0.25) is 4.79 Å². The molecule has 2 rings (SSSR count). The van der Waals surface area contributed by atoms with Gasteiger partial charge in [0.15, 0.2) is 0 Å². The highest BCUT2D eigenvalue weighted by Crippen LogP contribution is 2.44. The maximum Gasteiger partial charge on any atom is 0.201 e. The fraction of sp³-hybridized carbons (Fsp3) is 0.167. The molecule has 0 aromatic heterocycles. The minimum Gasteiger partial charge on any atom is -0.308 e. The highest BCUT2D eigenvalue weighted by molar-refractivity contribution is 8.06. The van der Waals surface area contributed by atoms with Gasteiger partial charge in [0, 0.05) is 27.1 Å². The third-order valence-electron chi connectivity index (χ3n) is 3.58. The van der Waals surface area contributed by atoms with Crippen molar-refractivity contribution in [3.05, 3.63) is 47.3 Å². The monoisotopic (exact) mass is 390 g/mol. The van der Waals surface area contributed by atoms with E-state index in [1.54, 1.807) is 38.1 Å². The Bertz CT molecular complexity index is 887. The fourth-order valence-corrected chi connectivity index (χ4v) is 3.91. The van der Waals surface area contributed by atoms with Crippen molar-refractivity contribution in [3.8, 4) is 17.2 Å². The van der Waals surface area contributed by atoms with Crippen molar-refractivity contribution < 1.29 is 9.18 Å². The minimum atomic E-state index is -0.872. The first-order chi connectivity index (χ1) is 11.7. The molecule has 0 fully saturated rings. The van der Waals surface area contributed by atoms with Crippen LogP contribution >= 0.6 is 37.0 Å². The summed E-state index contributed by atoms with van der Waals surface area (Å²) in [5, 5.41) is 16.1. The molecule has 0 saturated heterocycles. The van der Waals surface area contributed by atoms with Gasteiger partial charge in [-0.2, -0.15) is 5.26 Å². The summed E-state index contributed by atoms with van der Waals surface area (Å²) in [4.78, 5) is 12.6. The van der Waals surface area contributed by atoms with E-state index in [0.29, 0.717) is 20.9 Å². The Morgan fingerprint density at radius 1 is 1.36 bits per heavy atom. The fourth-order valence-electron chi connectivity index (χ4n) is 2.16. The van der Waals surface area contributed by atoms with Crippen LogP contribution in [0.4, 0.5) is 4.39 Å². The van der Waals surface area contributed by atoms with E-state index in [0.717, 1.165) is 11.8 Å². The van der Waals surface area contributed by atoms with Crippen LogP contribution < -0.4 is 0 Å². The van der Waals surface area contributed by atoms with Gasteiger partial charge >= 0.3 is 0 Å². The van der Waals surface area contributed by atoms with Crippen molar-refractivity contribution >= 4 is 48.3 Å². The molecular formula is C18H15FN2OS3. The van der Waals surface area contributed by atoms with E-state index < -0.39 is 10.6 Å². The molecule has 0 aliphatic heterocycles. The van der Waals surface area contributed by atoms with Crippen molar-refractivity contribution in [2.24, 2.45) is 0 Å². The molecule has 2 aromatic rings. The van der Waals surface area contributed by atoms with Crippen molar-refractivity contribution in [3.63, 3.8) is 0 Å². The average molecular weight is 391 g/mol.